The molecule has 1 aromatic heterocycles. The zero-order valence-corrected chi connectivity index (χ0v) is 13.0. The lowest BCUT2D eigenvalue weighted by Gasteiger charge is -2.23. The summed E-state index contributed by atoms with van der Waals surface area (Å²) in [6.45, 7) is -0.436. The molecule has 1 saturated heterocycles. The summed E-state index contributed by atoms with van der Waals surface area (Å²) < 4.78 is 44.6. The van der Waals surface area contributed by atoms with Crippen molar-refractivity contribution in [2.75, 3.05) is 18.2 Å². The number of halogens is 4. The normalized spacial score (nSPS) is 19.2. The summed E-state index contributed by atoms with van der Waals surface area (Å²) in [4.78, 5) is 5.46. The van der Waals surface area contributed by atoms with Gasteiger partial charge in [0.2, 0.25) is 0 Å². The summed E-state index contributed by atoms with van der Waals surface area (Å²) in [6, 6.07) is 5.84. The second-order valence-electron chi connectivity index (χ2n) is 4.55. The Morgan fingerprint density at radius 2 is 2.00 bits per heavy atom. The molecule has 2 aromatic rings. The first kappa shape index (κ1) is 14.8. The molecule has 2 heterocycles. The number of alkyl halides is 3. The number of ether oxygens (including phenoxy) is 1. The van der Waals surface area contributed by atoms with Crippen molar-refractivity contribution in [1.82, 2.24) is 4.98 Å². The lowest BCUT2D eigenvalue weighted by molar-refractivity contribution is -0.147. The third-order valence-corrected chi connectivity index (χ3v) is 4.54. The molecule has 1 aromatic carbocycles. The number of aromatic nitrogens is 1. The van der Waals surface area contributed by atoms with Gasteiger partial charge in [-0.1, -0.05) is 28.1 Å². The predicted octanol–water partition coefficient (Wildman–Crippen LogP) is 4.30. The summed E-state index contributed by atoms with van der Waals surface area (Å²) in [5.41, 5.74) is 1.53. The molecule has 0 radical (unpaired) electrons. The van der Waals surface area contributed by atoms with Crippen molar-refractivity contribution in [3.8, 4) is 11.3 Å². The molecule has 8 heteroatoms. The van der Waals surface area contributed by atoms with Crippen LogP contribution in [0, 0.1) is 0 Å². The average Bonchev–Trinajstić information content (AvgIpc) is 3.07. The third kappa shape index (κ3) is 3.07. The minimum Gasteiger partial charge on any atom is -0.359 e. The van der Waals surface area contributed by atoms with Crippen LogP contribution in [-0.4, -0.2) is 30.5 Å². The first-order valence-electron chi connectivity index (χ1n) is 6.08. The van der Waals surface area contributed by atoms with Crippen molar-refractivity contribution in [2.45, 2.75) is 12.2 Å². The monoisotopic (exact) mass is 378 g/mol. The maximum Gasteiger partial charge on any atom is 0.411 e. The Labute approximate surface area is 131 Å². The second-order valence-corrected chi connectivity index (χ2v) is 6.30. The molecule has 112 valence electrons. The Morgan fingerprint density at radius 3 is 2.67 bits per heavy atom. The minimum atomic E-state index is -4.32. The summed E-state index contributed by atoms with van der Waals surface area (Å²) in [5, 5.41) is 2.08. The molecule has 0 saturated carbocycles. The van der Waals surface area contributed by atoms with E-state index in [1.54, 1.807) is 5.38 Å². The van der Waals surface area contributed by atoms with Crippen molar-refractivity contribution in [3.05, 3.63) is 34.1 Å². The van der Waals surface area contributed by atoms with Crippen molar-refractivity contribution in [1.29, 1.82) is 0 Å². The molecule has 1 aliphatic rings. The maximum absolute atomic E-state index is 12.9. The van der Waals surface area contributed by atoms with E-state index >= 15 is 0 Å². The molecule has 0 bridgehead atoms. The van der Waals surface area contributed by atoms with E-state index in [1.807, 2.05) is 24.3 Å². The van der Waals surface area contributed by atoms with Crippen molar-refractivity contribution in [2.24, 2.45) is 0 Å². The fourth-order valence-electron chi connectivity index (χ4n) is 2.05. The number of rotatable bonds is 2. The summed E-state index contributed by atoms with van der Waals surface area (Å²) in [7, 11) is 0. The lowest BCUT2D eigenvalue weighted by Crippen LogP contribution is -2.42. The summed E-state index contributed by atoms with van der Waals surface area (Å²) in [5.74, 6) is 0. The van der Waals surface area contributed by atoms with E-state index in [4.69, 9.17) is 4.74 Å². The van der Waals surface area contributed by atoms with E-state index in [0.29, 0.717) is 10.8 Å². The van der Waals surface area contributed by atoms with Gasteiger partial charge in [-0.05, 0) is 12.1 Å². The van der Waals surface area contributed by atoms with Crippen LogP contribution in [0.25, 0.3) is 11.3 Å². The van der Waals surface area contributed by atoms with E-state index in [0.717, 1.165) is 14.9 Å². The topological polar surface area (TPSA) is 25.4 Å². The van der Waals surface area contributed by atoms with Gasteiger partial charge in [-0.15, -0.1) is 11.3 Å². The molecule has 0 amide bonds. The van der Waals surface area contributed by atoms with Crippen LogP contribution < -0.4 is 4.90 Å². The number of thiazole rings is 1. The van der Waals surface area contributed by atoms with Crippen molar-refractivity contribution < 1.29 is 17.9 Å². The highest BCUT2D eigenvalue weighted by Gasteiger charge is 2.47. The van der Waals surface area contributed by atoms with Crippen LogP contribution in [0.2, 0.25) is 0 Å². The van der Waals surface area contributed by atoms with E-state index in [-0.39, 0.29) is 13.3 Å². The van der Waals surface area contributed by atoms with E-state index in [2.05, 4.69) is 20.9 Å². The molecule has 0 aliphatic carbocycles. The van der Waals surface area contributed by atoms with Crippen LogP contribution in [0.3, 0.4) is 0 Å². The Balaban J connectivity index is 1.86. The minimum absolute atomic E-state index is 0.0858. The van der Waals surface area contributed by atoms with Crippen LogP contribution in [0.15, 0.2) is 34.1 Å². The van der Waals surface area contributed by atoms with Crippen LogP contribution in [0.1, 0.15) is 0 Å². The molecular formula is C13H10BrF3N2OS. The van der Waals surface area contributed by atoms with Gasteiger partial charge in [0.05, 0.1) is 12.3 Å². The number of nitrogens with zero attached hydrogens (tertiary/aromatic N) is 2. The standard InChI is InChI=1S/C13H10BrF3N2OS/c14-9-3-1-8(2-4-9)10-6-21-12(18-10)19-7-20-5-11(19)13(15,16)17/h1-4,6,11H,5,7H2. The van der Waals surface area contributed by atoms with Gasteiger partial charge in [-0.2, -0.15) is 13.2 Å². The van der Waals surface area contributed by atoms with Crippen LogP contribution in [0.5, 0.6) is 0 Å². The van der Waals surface area contributed by atoms with Crippen molar-refractivity contribution >= 4 is 32.4 Å². The number of benzene rings is 1. The molecule has 1 aliphatic heterocycles. The van der Waals surface area contributed by atoms with Crippen LogP contribution in [-0.2, 0) is 4.74 Å². The predicted molar refractivity (Wildman–Crippen MR) is 78.4 cm³/mol. The fourth-order valence-corrected chi connectivity index (χ4v) is 3.19. The van der Waals surface area contributed by atoms with Gasteiger partial charge in [0, 0.05) is 15.4 Å². The lowest BCUT2D eigenvalue weighted by atomic mass is 10.2. The first-order valence-corrected chi connectivity index (χ1v) is 7.75. The van der Waals surface area contributed by atoms with Gasteiger partial charge in [0.15, 0.2) is 11.2 Å². The van der Waals surface area contributed by atoms with E-state index in [1.165, 1.54) is 11.3 Å². The van der Waals surface area contributed by atoms with Gasteiger partial charge in [-0.25, -0.2) is 4.98 Å². The van der Waals surface area contributed by atoms with Gasteiger partial charge in [0.25, 0.3) is 0 Å². The molecule has 3 rings (SSSR count). The smallest absolute Gasteiger partial charge is 0.359 e. The summed E-state index contributed by atoms with van der Waals surface area (Å²) in [6.07, 6.45) is -4.32. The number of anilines is 1. The third-order valence-electron chi connectivity index (χ3n) is 3.14. The maximum atomic E-state index is 12.9. The average molecular weight is 379 g/mol. The zero-order valence-electron chi connectivity index (χ0n) is 10.6. The van der Waals surface area contributed by atoms with E-state index in [9.17, 15) is 13.2 Å². The first-order chi connectivity index (χ1) is 9.95. The Morgan fingerprint density at radius 1 is 1.29 bits per heavy atom. The zero-order chi connectivity index (χ0) is 15.0. The Hall–Kier alpha value is -1.12. The molecule has 1 atom stereocenters. The summed E-state index contributed by atoms with van der Waals surface area (Å²) >= 11 is 4.53. The van der Waals surface area contributed by atoms with Gasteiger partial charge in [0.1, 0.15) is 6.73 Å². The van der Waals surface area contributed by atoms with Gasteiger partial charge < -0.3 is 9.64 Å². The molecule has 1 fully saturated rings. The molecule has 3 nitrogen and oxygen atoms in total. The fraction of sp³-hybridized carbons (Fsp3) is 0.308. The van der Waals surface area contributed by atoms with E-state index < -0.39 is 12.2 Å². The van der Waals surface area contributed by atoms with Gasteiger partial charge >= 0.3 is 6.18 Å². The van der Waals surface area contributed by atoms with Crippen LogP contribution in [0.4, 0.5) is 18.3 Å². The Kier molecular flexibility index (Phi) is 3.94. The molecule has 21 heavy (non-hydrogen) atoms. The quantitative estimate of drug-likeness (QED) is 0.778. The van der Waals surface area contributed by atoms with Crippen LogP contribution >= 0.6 is 27.3 Å². The van der Waals surface area contributed by atoms with Crippen molar-refractivity contribution in [3.63, 3.8) is 0 Å². The molecule has 0 N–H and O–H groups in total. The molecule has 0 spiro atoms. The molecule has 1 unspecified atom stereocenters. The second kappa shape index (κ2) is 5.58. The highest BCUT2D eigenvalue weighted by atomic mass is 79.9. The molecular weight excluding hydrogens is 369 g/mol. The number of hydrogen-bond acceptors (Lipinski definition) is 4. The number of hydrogen-bond donors (Lipinski definition) is 0. The largest absolute Gasteiger partial charge is 0.411 e. The Bertz CT molecular complexity index is 629. The highest BCUT2D eigenvalue weighted by molar-refractivity contribution is 9.10. The van der Waals surface area contributed by atoms with Gasteiger partial charge in [-0.3, -0.25) is 0 Å². The highest BCUT2D eigenvalue weighted by Crippen LogP contribution is 2.35. The SMILES string of the molecule is FC(F)(F)C1COCN1c1nc(-c2ccc(Br)cc2)cs1.